The van der Waals surface area contributed by atoms with Crippen LogP contribution in [0, 0.1) is 5.92 Å². The number of ether oxygens (including phenoxy) is 1. The van der Waals surface area contributed by atoms with Gasteiger partial charge in [0.2, 0.25) is 0 Å². The van der Waals surface area contributed by atoms with E-state index >= 15 is 0 Å². The lowest BCUT2D eigenvalue weighted by molar-refractivity contribution is -0.128. The van der Waals surface area contributed by atoms with Crippen LogP contribution in [0.4, 0.5) is 0 Å². The van der Waals surface area contributed by atoms with Gasteiger partial charge in [-0.25, -0.2) is 0 Å². The SMILES string of the molecule is O=C(CCc1ccc(O)c(OC2CCCC2)c1)CC(=O)C1C=Cc2[n-]ccc2C1CCCCc1cccc(O)c1. The minimum Gasteiger partial charge on any atom is -0.664 e. The third-order valence-electron chi connectivity index (χ3n) is 8.25. The van der Waals surface area contributed by atoms with Crippen LogP contribution in [0.3, 0.4) is 0 Å². The van der Waals surface area contributed by atoms with E-state index in [2.05, 4.69) is 4.98 Å². The maximum Gasteiger partial charge on any atom is 0.161 e. The highest BCUT2D eigenvalue weighted by molar-refractivity contribution is 6.01. The molecule has 0 bridgehead atoms. The van der Waals surface area contributed by atoms with Gasteiger partial charge in [0.25, 0.3) is 0 Å². The number of aromatic nitrogens is 1. The topological polar surface area (TPSA) is 97.9 Å². The largest absolute Gasteiger partial charge is 0.664 e. The van der Waals surface area contributed by atoms with Crippen molar-refractivity contribution in [1.29, 1.82) is 0 Å². The molecule has 1 aromatic heterocycles. The van der Waals surface area contributed by atoms with Crippen molar-refractivity contribution >= 4 is 17.6 Å². The summed E-state index contributed by atoms with van der Waals surface area (Å²) in [6, 6.07) is 14.6. The van der Waals surface area contributed by atoms with Crippen molar-refractivity contribution in [3.8, 4) is 17.2 Å². The number of rotatable bonds is 13. The molecule has 6 nitrogen and oxygen atoms in total. The first-order chi connectivity index (χ1) is 19.5. The van der Waals surface area contributed by atoms with Crippen molar-refractivity contribution in [3.05, 3.63) is 83.2 Å². The highest BCUT2D eigenvalue weighted by atomic mass is 16.5. The Labute approximate surface area is 236 Å². The van der Waals surface area contributed by atoms with E-state index in [0.29, 0.717) is 12.2 Å². The molecule has 0 saturated heterocycles. The summed E-state index contributed by atoms with van der Waals surface area (Å²) in [5, 5.41) is 19.9. The van der Waals surface area contributed by atoms with Crippen LogP contribution >= 0.6 is 0 Å². The number of ketones is 2. The first-order valence-electron chi connectivity index (χ1n) is 14.6. The Morgan fingerprint density at radius 3 is 2.60 bits per heavy atom. The number of carbonyl (C=O) groups excluding carboxylic acids is 2. The van der Waals surface area contributed by atoms with Crippen LogP contribution < -0.4 is 9.72 Å². The van der Waals surface area contributed by atoms with E-state index in [4.69, 9.17) is 4.74 Å². The third-order valence-corrected chi connectivity index (χ3v) is 8.25. The molecule has 1 fully saturated rings. The molecule has 2 aromatic carbocycles. The third kappa shape index (κ3) is 7.04. The first kappa shape index (κ1) is 27.8. The van der Waals surface area contributed by atoms with Crippen LogP contribution in [0.25, 0.3) is 6.08 Å². The van der Waals surface area contributed by atoms with Crippen molar-refractivity contribution in [2.75, 3.05) is 0 Å². The van der Waals surface area contributed by atoms with E-state index in [0.717, 1.165) is 73.8 Å². The van der Waals surface area contributed by atoms with E-state index in [1.54, 1.807) is 24.4 Å². The maximum absolute atomic E-state index is 13.4. The number of carbonyl (C=O) groups is 2. The predicted octanol–water partition coefficient (Wildman–Crippen LogP) is 6.68. The van der Waals surface area contributed by atoms with E-state index in [1.165, 1.54) is 0 Å². The molecule has 3 aromatic rings. The lowest BCUT2D eigenvalue weighted by Gasteiger charge is -2.30. The number of allylic oxidation sites excluding steroid dienone is 1. The average Bonchev–Trinajstić information content (AvgIpc) is 3.64. The zero-order valence-corrected chi connectivity index (χ0v) is 22.9. The van der Waals surface area contributed by atoms with Gasteiger partial charge in [-0.1, -0.05) is 48.4 Å². The van der Waals surface area contributed by atoms with E-state index < -0.39 is 0 Å². The zero-order valence-electron chi connectivity index (χ0n) is 22.9. The molecule has 5 rings (SSSR count). The predicted molar refractivity (Wildman–Crippen MR) is 155 cm³/mol. The number of nitrogens with zero attached hydrogens (tertiary/aromatic N) is 1. The van der Waals surface area contributed by atoms with Gasteiger partial charge in [0.15, 0.2) is 11.5 Å². The molecule has 0 aliphatic heterocycles. The smallest absolute Gasteiger partial charge is 0.161 e. The van der Waals surface area contributed by atoms with Crippen LogP contribution in [0.2, 0.25) is 0 Å². The minimum atomic E-state index is -0.332. The van der Waals surface area contributed by atoms with E-state index in [9.17, 15) is 19.8 Å². The Bertz CT molecular complexity index is 1350. The molecule has 2 atom stereocenters. The molecule has 2 unspecified atom stereocenters. The van der Waals surface area contributed by atoms with Gasteiger partial charge < -0.3 is 19.9 Å². The van der Waals surface area contributed by atoms with E-state index in [-0.39, 0.29) is 53.8 Å². The molecular weight excluding hydrogens is 502 g/mol. The highest BCUT2D eigenvalue weighted by Gasteiger charge is 2.30. The minimum absolute atomic E-state index is 0.0133. The normalized spacial score (nSPS) is 18.5. The highest BCUT2D eigenvalue weighted by Crippen LogP contribution is 2.38. The van der Waals surface area contributed by atoms with Crippen molar-refractivity contribution in [2.24, 2.45) is 5.92 Å². The first-order valence-corrected chi connectivity index (χ1v) is 14.6. The van der Waals surface area contributed by atoms with Gasteiger partial charge in [-0.3, -0.25) is 9.59 Å². The molecular formula is C34H38NO5-. The molecule has 1 saturated carbocycles. The standard InChI is InChI=1S/C34H38NO5/c36-25-8-5-7-23(20-25)6-1-4-11-28-29-18-19-35-31(29)16-15-30(28)33(39)22-26(37)14-12-24-13-17-32(38)34(21-24)40-27-9-2-3-10-27/h5,7-8,13,15-21,27-28,30,36,38H,1-4,6,9-12,14,22H2/q-1. The van der Waals surface area contributed by atoms with Gasteiger partial charge in [0.1, 0.15) is 17.3 Å². The maximum atomic E-state index is 13.4. The Morgan fingerprint density at radius 2 is 1.77 bits per heavy atom. The van der Waals surface area contributed by atoms with Gasteiger partial charge in [-0.05, 0) is 92.7 Å². The molecule has 1 heterocycles. The molecule has 2 N–H and O–H groups in total. The molecule has 0 amide bonds. The van der Waals surface area contributed by atoms with Crippen molar-refractivity contribution in [2.45, 2.75) is 82.7 Å². The summed E-state index contributed by atoms with van der Waals surface area (Å²) in [6.45, 7) is 0. The average molecular weight is 541 g/mol. The number of benzene rings is 2. The van der Waals surface area contributed by atoms with Crippen molar-refractivity contribution < 1.29 is 24.5 Å². The Morgan fingerprint density at radius 1 is 0.950 bits per heavy atom. The number of fused-ring (bicyclic) bond motifs is 1. The Hall–Kier alpha value is -3.80. The second-order valence-electron chi connectivity index (χ2n) is 11.2. The fourth-order valence-corrected chi connectivity index (χ4v) is 6.08. The molecule has 40 heavy (non-hydrogen) atoms. The molecule has 2 aliphatic carbocycles. The number of Topliss-reactive ketones (excluding diaryl/α,β-unsaturated/α-hetero) is 2. The number of hydrogen-bond acceptors (Lipinski definition) is 5. The summed E-state index contributed by atoms with van der Waals surface area (Å²) in [5.74, 6) is 0.449. The molecule has 0 radical (unpaired) electrons. The number of phenols is 2. The second kappa shape index (κ2) is 13.0. The summed E-state index contributed by atoms with van der Waals surface area (Å²) in [6.07, 6.45) is 14.3. The number of unbranched alkanes of at least 4 members (excludes halogenated alkanes) is 1. The van der Waals surface area contributed by atoms with Crippen LogP contribution in [-0.2, 0) is 22.4 Å². The summed E-state index contributed by atoms with van der Waals surface area (Å²) in [7, 11) is 0. The lowest BCUT2D eigenvalue weighted by Crippen LogP contribution is -2.25. The van der Waals surface area contributed by atoms with Crippen molar-refractivity contribution in [3.63, 3.8) is 0 Å². The van der Waals surface area contributed by atoms with Crippen LogP contribution in [0.15, 0.2) is 60.8 Å². The number of aryl methyl sites for hydroxylation is 2. The number of hydrogen-bond donors (Lipinski definition) is 2. The van der Waals surface area contributed by atoms with Gasteiger partial charge in [-0.2, -0.15) is 6.20 Å². The molecule has 210 valence electrons. The monoisotopic (exact) mass is 540 g/mol. The van der Waals surface area contributed by atoms with Gasteiger partial charge >= 0.3 is 0 Å². The Kier molecular flexibility index (Phi) is 9.04. The van der Waals surface area contributed by atoms with E-state index in [1.807, 2.05) is 42.5 Å². The Balaban J connectivity index is 1.15. The molecule has 6 heteroatoms. The number of aromatic hydroxyl groups is 2. The molecule has 2 aliphatic rings. The fraction of sp³-hybridized carbons (Fsp3) is 0.412. The van der Waals surface area contributed by atoms with Crippen molar-refractivity contribution in [1.82, 2.24) is 4.98 Å². The summed E-state index contributed by atoms with van der Waals surface area (Å²) in [5.41, 5.74) is 4.02. The van der Waals surface area contributed by atoms with Crippen LogP contribution in [0.5, 0.6) is 17.2 Å². The van der Waals surface area contributed by atoms with Gasteiger partial charge in [-0.15, -0.1) is 5.69 Å². The number of phenolic OH excluding ortho intramolecular Hbond substituents is 2. The lowest BCUT2D eigenvalue weighted by atomic mass is 9.75. The zero-order chi connectivity index (χ0) is 27.9. The summed E-state index contributed by atoms with van der Waals surface area (Å²) >= 11 is 0. The van der Waals surface area contributed by atoms with Crippen LogP contribution in [-0.4, -0.2) is 27.9 Å². The fourth-order valence-electron chi connectivity index (χ4n) is 6.08. The second-order valence-corrected chi connectivity index (χ2v) is 11.2. The van der Waals surface area contributed by atoms with Gasteiger partial charge in [0.05, 0.1) is 12.5 Å². The molecule has 0 spiro atoms. The quantitative estimate of drug-likeness (QED) is 0.185. The summed E-state index contributed by atoms with van der Waals surface area (Å²) < 4.78 is 5.99. The van der Waals surface area contributed by atoms with Crippen LogP contribution in [0.1, 0.15) is 86.1 Å². The summed E-state index contributed by atoms with van der Waals surface area (Å²) in [4.78, 5) is 30.7. The van der Waals surface area contributed by atoms with Gasteiger partial charge in [0, 0.05) is 12.3 Å².